The number of hydrogen-bond donors (Lipinski definition) is 1. The van der Waals surface area contributed by atoms with Crippen LogP contribution in [0.1, 0.15) is 37.7 Å². The minimum Gasteiger partial charge on any atom is -0.501 e. The molecule has 1 fully saturated rings. The number of carbonyl (C=O) groups excluding carboxylic acids is 1. The highest BCUT2D eigenvalue weighted by Crippen LogP contribution is 2.28. The van der Waals surface area contributed by atoms with Gasteiger partial charge in [-0.05, 0) is 61.9 Å². The minimum atomic E-state index is 0.115. The minimum absolute atomic E-state index is 0.115. The molecule has 4 nitrogen and oxygen atoms in total. The Bertz CT molecular complexity index is 685. The molecule has 1 unspecified atom stereocenters. The maximum atomic E-state index is 11.7. The van der Waals surface area contributed by atoms with Crippen molar-refractivity contribution in [2.45, 2.75) is 38.6 Å². The van der Waals surface area contributed by atoms with Crippen LogP contribution in [0.4, 0.5) is 0 Å². The number of piperidine rings is 1. The second kappa shape index (κ2) is 13.1. The van der Waals surface area contributed by atoms with Crippen molar-refractivity contribution in [3.05, 3.63) is 71.5 Å². The van der Waals surface area contributed by atoms with Gasteiger partial charge in [-0.1, -0.05) is 48.6 Å². The van der Waals surface area contributed by atoms with Gasteiger partial charge in [0.2, 0.25) is 0 Å². The van der Waals surface area contributed by atoms with E-state index in [2.05, 4.69) is 53.5 Å². The van der Waals surface area contributed by atoms with E-state index in [1.807, 2.05) is 6.08 Å². The fourth-order valence-corrected chi connectivity index (χ4v) is 4.08. The third-order valence-electron chi connectivity index (χ3n) is 5.68. The summed E-state index contributed by atoms with van der Waals surface area (Å²) in [5, 5.41) is 7.00. The van der Waals surface area contributed by atoms with Crippen LogP contribution in [0.2, 0.25) is 0 Å². The summed E-state index contributed by atoms with van der Waals surface area (Å²) < 4.78 is 5.32. The number of ether oxygens (including phenoxy) is 1. The summed E-state index contributed by atoms with van der Waals surface area (Å²) in [6, 6.07) is 10.7. The first kappa shape index (κ1) is 23.1. The van der Waals surface area contributed by atoms with E-state index in [1.54, 1.807) is 7.11 Å². The normalized spacial score (nSPS) is 18.6. The van der Waals surface area contributed by atoms with E-state index >= 15 is 0 Å². The number of carbonyl (C=O) groups is 1. The number of aliphatic hydroxyl groups is 1. The molecule has 2 aliphatic rings. The maximum Gasteiger partial charge on any atom is 0.123 e. The molecule has 0 spiro atoms. The molecule has 4 heteroatoms. The van der Waals surface area contributed by atoms with E-state index in [-0.39, 0.29) is 5.92 Å². The summed E-state index contributed by atoms with van der Waals surface area (Å²) in [5.41, 5.74) is 2.61. The summed E-state index contributed by atoms with van der Waals surface area (Å²) in [6.07, 6.45) is 14.6. The molecule has 0 radical (unpaired) electrons. The molecule has 29 heavy (non-hydrogen) atoms. The molecule has 1 aromatic carbocycles. The third-order valence-corrected chi connectivity index (χ3v) is 5.68. The van der Waals surface area contributed by atoms with Gasteiger partial charge in [0, 0.05) is 26.0 Å². The number of aliphatic hydroxyl groups excluding tert-OH is 1. The van der Waals surface area contributed by atoms with E-state index in [4.69, 9.17) is 9.84 Å². The lowest BCUT2D eigenvalue weighted by atomic mass is 9.84. The van der Waals surface area contributed by atoms with Crippen LogP contribution in [0.15, 0.2) is 66.0 Å². The summed E-state index contributed by atoms with van der Waals surface area (Å²) in [5.74, 6) is 1.74. The molecular weight excluding hydrogens is 362 g/mol. The first-order valence-corrected chi connectivity index (χ1v) is 10.5. The SMILES string of the molecule is CO.COC1=CC=C(CC(C=O)CC2CCN(Cc3ccccc3)CC2)C=CC1. The molecule has 158 valence electrons. The highest BCUT2D eigenvalue weighted by atomic mass is 16.5. The fraction of sp³-hybridized carbons (Fsp3) is 0.480. The molecule has 0 amide bonds. The predicted octanol–water partition coefficient (Wildman–Crippen LogP) is 4.52. The Labute approximate surface area is 175 Å². The van der Waals surface area contributed by atoms with Crippen molar-refractivity contribution in [2.75, 3.05) is 27.3 Å². The van der Waals surface area contributed by atoms with E-state index in [0.717, 1.165) is 58.1 Å². The maximum absolute atomic E-state index is 11.7. The fourth-order valence-electron chi connectivity index (χ4n) is 4.08. The van der Waals surface area contributed by atoms with Gasteiger partial charge in [-0.25, -0.2) is 0 Å². The highest BCUT2D eigenvalue weighted by Gasteiger charge is 2.22. The van der Waals surface area contributed by atoms with Gasteiger partial charge >= 0.3 is 0 Å². The average molecular weight is 398 g/mol. The molecule has 1 aliphatic heterocycles. The van der Waals surface area contributed by atoms with Crippen LogP contribution >= 0.6 is 0 Å². The smallest absolute Gasteiger partial charge is 0.123 e. The van der Waals surface area contributed by atoms with Crippen molar-refractivity contribution in [2.24, 2.45) is 11.8 Å². The van der Waals surface area contributed by atoms with Gasteiger partial charge in [0.25, 0.3) is 0 Å². The van der Waals surface area contributed by atoms with Crippen LogP contribution in [-0.4, -0.2) is 43.6 Å². The summed E-state index contributed by atoms with van der Waals surface area (Å²) in [7, 11) is 2.71. The van der Waals surface area contributed by atoms with Crippen molar-refractivity contribution < 1.29 is 14.6 Å². The first-order chi connectivity index (χ1) is 14.3. The van der Waals surface area contributed by atoms with E-state index in [9.17, 15) is 4.79 Å². The summed E-state index contributed by atoms with van der Waals surface area (Å²) in [6.45, 7) is 3.30. The van der Waals surface area contributed by atoms with E-state index < -0.39 is 0 Å². The Morgan fingerprint density at radius 2 is 1.90 bits per heavy atom. The van der Waals surface area contributed by atoms with Crippen LogP contribution in [0.3, 0.4) is 0 Å². The predicted molar refractivity (Wildman–Crippen MR) is 118 cm³/mol. The lowest BCUT2D eigenvalue weighted by Gasteiger charge is -2.33. The van der Waals surface area contributed by atoms with Gasteiger partial charge in [-0.15, -0.1) is 0 Å². The zero-order valence-electron chi connectivity index (χ0n) is 17.8. The summed E-state index contributed by atoms with van der Waals surface area (Å²) >= 11 is 0. The van der Waals surface area contributed by atoms with Gasteiger partial charge in [0.05, 0.1) is 12.9 Å². The molecule has 1 N–H and O–H groups in total. The van der Waals surface area contributed by atoms with Gasteiger partial charge < -0.3 is 14.6 Å². The monoisotopic (exact) mass is 397 g/mol. The molecule has 1 aromatic rings. The topological polar surface area (TPSA) is 49.8 Å². The van der Waals surface area contributed by atoms with Crippen molar-refractivity contribution in [1.29, 1.82) is 0 Å². The number of methoxy groups -OCH3 is 1. The zero-order valence-corrected chi connectivity index (χ0v) is 17.8. The van der Waals surface area contributed by atoms with Gasteiger partial charge in [-0.3, -0.25) is 4.90 Å². The Morgan fingerprint density at radius 3 is 2.55 bits per heavy atom. The molecule has 0 aromatic heterocycles. The Kier molecular flexibility index (Phi) is 10.5. The molecular formula is C25H35NO3. The number of benzene rings is 1. The third kappa shape index (κ3) is 8.00. The molecule has 1 heterocycles. The molecule has 1 aliphatic carbocycles. The molecule has 1 atom stereocenters. The Morgan fingerprint density at radius 1 is 1.17 bits per heavy atom. The van der Waals surface area contributed by atoms with Crippen LogP contribution in [-0.2, 0) is 16.1 Å². The zero-order chi connectivity index (χ0) is 20.9. The molecule has 1 saturated heterocycles. The van der Waals surface area contributed by atoms with Crippen molar-refractivity contribution in [1.82, 2.24) is 4.90 Å². The second-order valence-corrected chi connectivity index (χ2v) is 7.73. The number of nitrogens with zero attached hydrogens (tertiary/aromatic N) is 1. The molecule has 0 saturated carbocycles. The van der Waals surface area contributed by atoms with Crippen LogP contribution in [0.5, 0.6) is 0 Å². The largest absolute Gasteiger partial charge is 0.501 e. The number of hydrogen-bond acceptors (Lipinski definition) is 4. The van der Waals surface area contributed by atoms with Crippen LogP contribution in [0, 0.1) is 11.8 Å². The van der Waals surface area contributed by atoms with Crippen LogP contribution in [0.25, 0.3) is 0 Å². The van der Waals surface area contributed by atoms with Crippen molar-refractivity contribution >= 4 is 6.29 Å². The standard InChI is InChI=1S/C24H31NO2.CH4O/c1-27-24-9-5-8-20(10-11-24)16-23(19-26)17-21-12-14-25(15-13-21)18-22-6-3-2-4-7-22;1-2/h2-8,10-11,19,21,23H,9,12-18H2,1H3;2H,1H3. The number of likely N-dealkylation sites (tertiary alicyclic amines) is 1. The Hall–Kier alpha value is -2.17. The van der Waals surface area contributed by atoms with Crippen molar-refractivity contribution in [3.63, 3.8) is 0 Å². The van der Waals surface area contributed by atoms with Gasteiger partial charge in [0.15, 0.2) is 0 Å². The second-order valence-electron chi connectivity index (χ2n) is 7.73. The molecule has 0 bridgehead atoms. The average Bonchev–Trinajstić information content (AvgIpc) is 3.02. The number of aldehydes is 1. The highest BCUT2D eigenvalue weighted by molar-refractivity contribution is 5.55. The van der Waals surface area contributed by atoms with Crippen LogP contribution < -0.4 is 0 Å². The lowest BCUT2D eigenvalue weighted by molar-refractivity contribution is -0.111. The van der Waals surface area contributed by atoms with E-state index in [0.29, 0.717) is 5.92 Å². The van der Waals surface area contributed by atoms with Crippen molar-refractivity contribution in [3.8, 4) is 0 Å². The lowest BCUT2D eigenvalue weighted by Crippen LogP contribution is -2.34. The van der Waals surface area contributed by atoms with E-state index in [1.165, 1.54) is 24.0 Å². The first-order valence-electron chi connectivity index (χ1n) is 10.5. The van der Waals surface area contributed by atoms with Gasteiger partial charge in [-0.2, -0.15) is 0 Å². The number of rotatable bonds is 8. The molecule has 3 rings (SSSR count). The number of allylic oxidation sites excluding steroid dienone is 5. The Balaban J connectivity index is 0.00000145. The van der Waals surface area contributed by atoms with Gasteiger partial charge in [0.1, 0.15) is 6.29 Å². The summed E-state index contributed by atoms with van der Waals surface area (Å²) in [4.78, 5) is 14.2. The quantitative estimate of drug-likeness (QED) is 0.655.